The van der Waals surface area contributed by atoms with Gasteiger partial charge < -0.3 is 9.80 Å². The van der Waals surface area contributed by atoms with Gasteiger partial charge >= 0.3 is 0 Å². The Hall–Kier alpha value is -2.91. The lowest BCUT2D eigenvalue weighted by Crippen LogP contribution is -2.51. The smallest absolute Gasteiger partial charge is 0.244 e. The summed E-state index contributed by atoms with van der Waals surface area (Å²) in [6.45, 7) is 2.46. The van der Waals surface area contributed by atoms with Crippen LogP contribution in [0.5, 0.6) is 0 Å². The number of hydrogen-bond acceptors (Lipinski definition) is 4. The quantitative estimate of drug-likeness (QED) is 0.835. The molecule has 0 bridgehead atoms. The summed E-state index contributed by atoms with van der Waals surface area (Å²) in [5.74, 6) is -0.371. The van der Waals surface area contributed by atoms with Gasteiger partial charge in [-0.25, -0.2) is 4.39 Å². The van der Waals surface area contributed by atoms with Gasteiger partial charge in [-0.05, 0) is 43.9 Å². The third-order valence-corrected chi connectivity index (χ3v) is 4.87. The molecule has 0 saturated carbocycles. The van der Waals surface area contributed by atoms with Gasteiger partial charge in [0.1, 0.15) is 17.9 Å². The molecule has 0 spiro atoms. The van der Waals surface area contributed by atoms with Crippen LogP contribution in [0.25, 0.3) is 0 Å². The number of carbonyl (C=O) groups is 1. The van der Waals surface area contributed by atoms with E-state index in [9.17, 15) is 14.4 Å². The number of hydrogen-bond donors (Lipinski definition) is 0. The van der Waals surface area contributed by atoms with Crippen molar-refractivity contribution < 1.29 is 9.18 Å². The Morgan fingerprint density at radius 2 is 1.81 bits per heavy atom. The van der Waals surface area contributed by atoms with E-state index in [1.54, 1.807) is 18.2 Å². The first kappa shape index (κ1) is 18.9. The molecule has 2 aromatic rings. The molecule has 1 aliphatic heterocycles. The maximum Gasteiger partial charge on any atom is 0.244 e. The molecule has 140 valence electrons. The molecule has 1 heterocycles. The molecule has 2 aromatic carbocycles. The van der Waals surface area contributed by atoms with Gasteiger partial charge in [-0.3, -0.25) is 9.69 Å². The van der Waals surface area contributed by atoms with Crippen molar-refractivity contribution in [2.75, 3.05) is 45.2 Å². The van der Waals surface area contributed by atoms with E-state index in [4.69, 9.17) is 0 Å². The molecule has 0 aromatic heterocycles. The first-order valence-corrected chi connectivity index (χ1v) is 8.96. The van der Waals surface area contributed by atoms with Crippen molar-refractivity contribution in [2.24, 2.45) is 0 Å². The van der Waals surface area contributed by atoms with Crippen LogP contribution in [-0.4, -0.2) is 56.0 Å². The first-order chi connectivity index (χ1) is 13.0. The second kappa shape index (κ2) is 8.19. The van der Waals surface area contributed by atoms with E-state index in [0.717, 1.165) is 5.69 Å². The van der Waals surface area contributed by atoms with Gasteiger partial charge in [-0.15, -0.1) is 0 Å². The molecular weight excluding hydrogens is 343 g/mol. The maximum atomic E-state index is 13.6. The van der Waals surface area contributed by atoms with Crippen molar-refractivity contribution in [3.05, 3.63) is 65.5 Å². The van der Waals surface area contributed by atoms with Crippen molar-refractivity contribution in [1.29, 1.82) is 5.26 Å². The number of para-hydroxylation sites is 1. The van der Waals surface area contributed by atoms with E-state index in [0.29, 0.717) is 37.3 Å². The number of halogens is 1. The van der Waals surface area contributed by atoms with Crippen molar-refractivity contribution in [3.8, 4) is 6.07 Å². The average molecular weight is 366 g/mol. The molecule has 6 heteroatoms. The normalized spacial score (nSPS) is 15.5. The average Bonchev–Trinajstić information content (AvgIpc) is 2.68. The number of rotatable bonds is 4. The van der Waals surface area contributed by atoms with Gasteiger partial charge in [0.05, 0.1) is 11.3 Å². The second-order valence-electron chi connectivity index (χ2n) is 6.86. The Balaban J connectivity index is 1.73. The topological polar surface area (TPSA) is 50.6 Å². The van der Waals surface area contributed by atoms with Crippen LogP contribution in [-0.2, 0) is 4.79 Å². The fourth-order valence-electron chi connectivity index (χ4n) is 3.52. The Morgan fingerprint density at radius 3 is 2.44 bits per heavy atom. The number of nitrogens with zero attached hydrogens (tertiary/aromatic N) is 4. The van der Waals surface area contributed by atoms with Crippen LogP contribution in [0, 0.1) is 17.1 Å². The minimum absolute atomic E-state index is 0.0289. The largest absolute Gasteiger partial charge is 0.367 e. The van der Waals surface area contributed by atoms with Crippen LogP contribution in [0.3, 0.4) is 0 Å². The third-order valence-electron chi connectivity index (χ3n) is 4.87. The Kier molecular flexibility index (Phi) is 5.72. The zero-order valence-corrected chi connectivity index (χ0v) is 15.6. The molecule has 1 aliphatic rings. The molecule has 1 fully saturated rings. The van der Waals surface area contributed by atoms with Crippen LogP contribution in [0.15, 0.2) is 48.5 Å². The standard InChI is InChI=1S/C21H23FN4O/c1-24(2)20(16-7-5-8-18(22)14-16)21(27)26-12-10-25(11-13-26)19-9-4-3-6-17(19)15-23/h3-9,14,20H,10-13H2,1-2H3/t20-/m0/s1. The first-order valence-electron chi connectivity index (χ1n) is 8.96. The number of nitriles is 1. The number of carbonyl (C=O) groups excluding carboxylic acids is 1. The molecule has 0 unspecified atom stereocenters. The summed E-state index contributed by atoms with van der Waals surface area (Å²) in [5, 5.41) is 9.29. The van der Waals surface area contributed by atoms with Gasteiger partial charge in [0.2, 0.25) is 5.91 Å². The highest BCUT2D eigenvalue weighted by Crippen LogP contribution is 2.25. The summed E-state index contributed by atoms with van der Waals surface area (Å²) in [6, 6.07) is 15.4. The Morgan fingerprint density at radius 1 is 1.11 bits per heavy atom. The molecule has 27 heavy (non-hydrogen) atoms. The van der Waals surface area contributed by atoms with E-state index in [2.05, 4.69) is 11.0 Å². The summed E-state index contributed by atoms with van der Waals surface area (Å²) in [6.07, 6.45) is 0. The SMILES string of the molecule is CN(C)[C@H](C(=O)N1CCN(c2ccccc2C#N)CC1)c1cccc(F)c1. The van der Waals surface area contributed by atoms with Crippen LogP contribution in [0.2, 0.25) is 0 Å². The van der Waals surface area contributed by atoms with E-state index < -0.39 is 6.04 Å². The van der Waals surface area contributed by atoms with Gasteiger partial charge in [0.25, 0.3) is 0 Å². The lowest BCUT2D eigenvalue weighted by molar-refractivity contribution is -0.136. The Bertz CT molecular complexity index is 853. The maximum absolute atomic E-state index is 13.6. The summed E-state index contributed by atoms with van der Waals surface area (Å²) in [4.78, 5) is 18.9. The third kappa shape index (κ3) is 4.09. The van der Waals surface area contributed by atoms with Crippen molar-refractivity contribution in [2.45, 2.75) is 6.04 Å². The lowest BCUT2D eigenvalue weighted by atomic mass is 10.0. The van der Waals surface area contributed by atoms with E-state index in [-0.39, 0.29) is 11.7 Å². The summed E-state index contributed by atoms with van der Waals surface area (Å²) in [7, 11) is 3.65. The highest BCUT2D eigenvalue weighted by molar-refractivity contribution is 5.83. The van der Waals surface area contributed by atoms with Crippen molar-refractivity contribution >= 4 is 11.6 Å². The molecule has 3 rings (SSSR count). The monoisotopic (exact) mass is 366 g/mol. The molecule has 0 N–H and O–H groups in total. The number of amides is 1. The predicted octanol–water partition coefficient (Wildman–Crippen LogP) is 2.65. The molecule has 1 amide bonds. The van der Waals surface area contributed by atoms with Gasteiger partial charge in [0, 0.05) is 26.2 Å². The summed E-state index contributed by atoms with van der Waals surface area (Å²) in [5.41, 5.74) is 2.20. The van der Waals surface area contributed by atoms with E-state index in [1.165, 1.54) is 12.1 Å². The minimum Gasteiger partial charge on any atom is -0.367 e. The van der Waals surface area contributed by atoms with E-state index in [1.807, 2.05) is 42.1 Å². The molecule has 1 atom stereocenters. The van der Waals surface area contributed by atoms with Crippen LogP contribution >= 0.6 is 0 Å². The number of piperazine rings is 1. The fraction of sp³-hybridized carbons (Fsp3) is 0.333. The van der Waals surface area contributed by atoms with Crippen LogP contribution in [0.1, 0.15) is 17.2 Å². The number of likely N-dealkylation sites (N-methyl/N-ethyl adjacent to an activating group) is 1. The minimum atomic E-state index is -0.515. The predicted molar refractivity (Wildman–Crippen MR) is 103 cm³/mol. The zero-order valence-electron chi connectivity index (χ0n) is 15.6. The molecule has 1 saturated heterocycles. The highest BCUT2D eigenvalue weighted by Gasteiger charge is 2.30. The fourth-order valence-corrected chi connectivity index (χ4v) is 3.52. The molecule has 5 nitrogen and oxygen atoms in total. The van der Waals surface area contributed by atoms with Gasteiger partial charge in [-0.1, -0.05) is 24.3 Å². The summed E-state index contributed by atoms with van der Waals surface area (Å²) < 4.78 is 13.6. The lowest BCUT2D eigenvalue weighted by Gasteiger charge is -2.39. The Labute approximate surface area is 159 Å². The van der Waals surface area contributed by atoms with Gasteiger partial charge in [0.15, 0.2) is 0 Å². The van der Waals surface area contributed by atoms with Crippen molar-refractivity contribution in [1.82, 2.24) is 9.80 Å². The number of benzene rings is 2. The zero-order chi connectivity index (χ0) is 19.4. The molecule has 0 aliphatic carbocycles. The van der Waals surface area contributed by atoms with Crippen LogP contribution in [0.4, 0.5) is 10.1 Å². The van der Waals surface area contributed by atoms with E-state index >= 15 is 0 Å². The summed E-state index contributed by atoms with van der Waals surface area (Å²) >= 11 is 0. The molecular formula is C21H23FN4O. The second-order valence-corrected chi connectivity index (χ2v) is 6.86. The highest BCUT2D eigenvalue weighted by atomic mass is 19.1. The van der Waals surface area contributed by atoms with Crippen molar-refractivity contribution in [3.63, 3.8) is 0 Å². The number of anilines is 1. The van der Waals surface area contributed by atoms with Gasteiger partial charge in [-0.2, -0.15) is 5.26 Å². The van der Waals surface area contributed by atoms with Crippen LogP contribution < -0.4 is 4.90 Å². The molecule has 0 radical (unpaired) electrons.